The highest BCUT2D eigenvalue weighted by molar-refractivity contribution is 9.11. The topological polar surface area (TPSA) is 29.5 Å². The van der Waals surface area contributed by atoms with Gasteiger partial charge in [-0.05, 0) is 34.5 Å². The smallest absolute Gasteiger partial charge is 0.0933 e. The van der Waals surface area contributed by atoms with Crippen molar-refractivity contribution < 1.29 is 9.84 Å². The van der Waals surface area contributed by atoms with Crippen LogP contribution in [0.5, 0.6) is 0 Å². The number of hydrogen-bond donors (Lipinski definition) is 1. The summed E-state index contributed by atoms with van der Waals surface area (Å²) in [6.45, 7) is 1.48. The number of thiophene rings is 1. The fourth-order valence-corrected chi connectivity index (χ4v) is 3.02. The summed E-state index contributed by atoms with van der Waals surface area (Å²) in [5, 5.41) is 9.94. The van der Waals surface area contributed by atoms with E-state index in [1.807, 2.05) is 12.1 Å². The molecule has 1 aliphatic rings. The van der Waals surface area contributed by atoms with Crippen molar-refractivity contribution in [1.29, 1.82) is 0 Å². The van der Waals surface area contributed by atoms with E-state index in [0.717, 1.165) is 21.7 Å². The number of rotatable bonds is 2. The number of halogens is 1. The minimum absolute atomic E-state index is 0.283. The summed E-state index contributed by atoms with van der Waals surface area (Å²) in [5.74, 6) is 0.283. The van der Waals surface area contributed by atoms with Crippen LogP contribution >= 0.6 is 27.3 Å². The summed E-state index contributed by atoms with van der Waals surface area (Å²) in [6, 6.07) is 3.94. The zero-order valence-electron chi connectivity index (χ0n) is 7.07. The molecule has 0 aromatic carbocycles. The summed E-state index contributed by atoms with van der Waals surface area (Å²) in [6.07, 6.45) is 0.621. The van der Waals surface area contributed by atoms with Crippen LogP contribution in [0.2, 0.25) is 0 Å². The lowest BCUT2D eigenvalue weighted by molar-refractivity contribution is 0.0945. The van der Waals surface area contributed by atoms with Crippen LogP contribution in [-0.4, -0.2) is 18.3 Å². The average Bonchev–Trinajstić information content (AvgIpc) is 2.72. The molecule has 0 aliphatic carbocycles. The zero-order valence-corrected chi connectivity index (χ0v) is 9.47. The summed E-state index contributed by atoms with van der Waals surface area (Å²) in [7, 11) is 0. The fraction of sp³-hybridized carbons (Fsp3) is 0.556. The van der Waals surface area contributed by atoms with Gasteiger partial charge in [-0.3, -0.25) is 0 Å². The summed E-state index contributed by atoms with van der Waals surface area (Å²) >= 11 is 4.98. The van der Waals surface area contributed by atoms with E-state index < -0.39 is 0 Å². The SMILES string of the molecule is O[C@@H](c1ccc(Br)s1)[C@H]1CCOC1. The van der Waals surface area contributed by atoms with E-state index in [1.54, 1.807) is 11.3 Å². The van der Waals surface area contributed by atoms with Crippen molar-refractivity contribution in [3.63, 3.8) is 0 Å². The quantitative estimate of drug-likeness (QED) is 0.888. The van der Waals surface area contributed by atoms with Crippen LogP contribution in [0.25, 0.3) is 0 Å². The van der Waals surface area contributed by atoms with Gasteiger partial charge in [-0.25, -0.2) is 0 Å². The van der Waals surface area contributed by atoms with Gasteiger partial charge in [0.1, 0.15) is 0 Å². The highest BCUT2D eigenvalue weighted by atomic mass is 79.9. The Balaban J connectivity index is 2.07. The maximum Gasteiger partial charge on any atom is 0.0933 e. The van der Waals surface area contributed by atoms with Crippen LogP contribution in [0.15, 0.2) is 15.9 Å². The molecule has 1 fully saturated rings. The predicted molar refractivity (Wildman–Crippen MR) is 55.9 cm³/mol. The summed E-state index contributed by atoms with van der Waals surface area (Å²) in [4.78, 5) is 1.03. The second kappa shape index (κ2) is 4.09. The van der Waals surface area contributed by atoms with E-state index in [9.17, 15) is 5.11 Å². The van der Waals surface area contributed by atoms with Gasteiger partial charge in [0.25, 0.3) is 0 Å². The van der Waals surface area contributed by atoms with Gasteiger partial charge in [0.2, 0.25) is 0 Å². The molecule has 1 N–H and O–H groups in total. The van der Waals surface area contributed by atoms with Crippen LogP contribution < -0.4 is 0 Å². The Morgan fingerprint density at radius 2 is 2.46 bits per heavy atom. The Labute approximate surface area is 89.7 Å². The molecule has 2 rings (SSSR count). The molecule has 2 atom stereocenters. The molecule has 1 aliphatic heterocycles. The molecule has 0 saturated carbocycles. The Morgan fingerprint density at radius 3 is 3.00 bits per heavy atom. The van der Waals surface area contributed by atoms with Gasteiger partial charge >= 0.3 is 0 Å². The maximum absolute atomic E-state index is 9.94. The van der Waals surface area contributed by atoms with Crippen LogP contribution in [-0.2, 0) is 4.74 Å². The molecule has 0 spiro atoms. The van der Waals surface area contributed by atoms with Crippen molar-refractivity contribution >= 4 is 27.3 Å². The molecule has 1 saturated heterocycles. The predicted octanol–water partition coefficient (Wildman–Crippen LogP) is 2.58. The largest absolute Gasteiger partial charge is 0.387 e. The number of hydrogen-bond acceptors (Lipinski definition) is 3. The van der Waals surface area contributed by atoms with Crippen LogP contribution in [0.3, 0.4) is 0 Å². The van der Waals surface area contributed by atoms with E-state index in [2.05, 4.69) is 15.9 Å². The van der Waals surface area contributed by atoms with E-state index in [0.29, 0.717) is 6.61 Å². The molecular weight excluding hydrogens is 252 g/mol. The first kappa shape index (κ1) is 9.65. The lowest BCUT2D eigenvalue weighted by atomic mass is 10.0. The molecule has 0 radical (unpaired) electrons. The molecule has 0 bridgehead atoms. The third-order valence-corrected chi connectivity index (χ3v) is 3.99. The van der Waals surface area contributed by atoms with Crippen molar-refractivity contribution in [2.24, 2.45) is 5.92 Å². The van der Waals surface area contributed by atoms with Crippen molar-refractivity contribution in [3.8, 4) is 0 Å². The zero-order chi connectivity index (χ0) is 9.26. The van der Waals surface area contributed by atoms with Crippen LogP contribution in [0.4, 0.5) is 0 Å². The Bertz CT molecular complexity index is 281. The molecular formula is C9H11BrO2S. The van der Waals surface area contributed by atoms with Crippen molar-refractivity contribution in [1.82, 2.24) is 0 Å². The molecule has 72 valence electrons. The minimum atomic E-state index is -0.348. The maximum atomic E-state index is 9.94. The van der Waals surface area contributed by atoms with Gasteiger partial charge in [-0.1, -0.05) is 0 Å². The first-order valence-corrected chi connectivity index (χ1v) is 5.89. The van der Waals surface area contributed by atoms with Crippen molar-refractivity contribution in [3.05, 3.63) is 20.8 Å². The van der Waals surface area contributed by atoms with Gasteiger partial charge < -0.3 is 9.84 Å². The van der Waals surface area contributed by atoms with Crippen LogP contribution in [0.1, 0.15) is 17.4 Å². The van der Waals surface area contributed by atoms with Crippen molar-refractivity contribution in [2.75, 3.05) is 13.2 Å². The number of aliphatic hydroxyl groups is 1. The molecule has 13 heavy (non-hydrogen) atoms. The molecule has 1 aromatic heterocycles. The second-order valence-electron chi connectivity index (χ2n) is 3.21. The molecule has 0 unspecified atom stereocenters. The molecule has 2 heterocycles. The minimum Gasteiger partial charge on any atom is -0.387 e. The van der Waals surface area contributed by atoms with E-state index in [4.69, 9.17) is 4.74 Å². The molecule has 4 heteroatoms. The standard InChI is InChI=1S/C9H11BrO2S/c10-8-2-1-7(13-8)9(11)6-3-4-12-5-6/h1-2,6,9,11H,3-5H2/t6-,9+/m0/s1. The molecule has 0 amide bonds. The van der Waals surface area contributed by atoms with Crippen molar-refractivity contribution in [2.45, 2.75) is 12.5 Å². The van der Waals surface area contributed by atoms with E-state index in [-0.39, 0.29) is 12.0 Å². The highest BCUT2D eigenvalue weighted by Gasteiger charge is 2.26. The van der Waals surface area contributed by atoms with E-state index in [1.165, 1.54) is 0 Å². The van der Waals surface area contributed by atoms with Gasteiger partial charge in [-0.2, -0.15) is 0 Å². The second-order valence-corrected chi connectivity index (χ2v) is 5.70. The number of ether oxygens (including phenoxy) is 1. The monoisotopic (exact) mass is 262 g/mol. The molecule has 1 aromatic rings. The summed E-state index contributed by atoms with van der Waals surface area (Å²) < 4.78 is 6.31. The third-order valence-electron chi connectivity index (χ3n) is 2.30. The number of aliphatic hydroxyl groups excluding tert-OH is 1. The van der Waals surface area contributed by atoms with Gasteiger partial charge in [0, 0.05) is 17.4 Å². The Kier molecular flexibility index (Phi) is 3.03. The highest BCUT2D eigenvalue weighted by Crippen LogP contribution is 2.34. The third kappa shape index (κ3) is 2.13. The average molecular weight is 263 g/mol. The lowest BCUT2D eigenvalue weighted by Gasteiger charge is -2.13. The lowest BCUT2D eigenvalue weighted by Crippen LogP contribution is -2.10. The first-order chi connectivity index (χ1) is 6.27. The molecule has 2 nitrogen and oxygen atoms in total. The summed E-state index contributed by atoms with van der Waals surface area (Å²) in [5.41, 5.74) is 0. The Hall–Kier alpha value is 0.1000. The van der Waals surface area contributed by atoms with E-state index >= 15 is 0 Å². The first-order valence-electron chi connectivity index (χ1n) is 4.28. The van der Waals surface area contributed by atoms with Gasteiger partial charge in [0.15, 0.2) is 0 Å². The van der Waals surface area contributed by atoms with Gasteiger partial charge in [-0.15, -0.1) is 11.3 Å². The Morgan fingerprint density at radius 1 is 1.62 bits per heavy atom. The van der Waals surface area contributed by atoms with Crippen LogP contribution in [0, 0.1) is 5.92 Å². The van der Waals surface area contributed by atoms with Gasteiger partial charge in [0.05, 0.1) is 16.5 Å². The normalized spacial score (nSPS) is 24.9. The fourth-order valence-electron chi connectivity index (χ4n) is 1.52.